The van der Waals surface area contributed by atoms with Gasteiger partial charge in [0.05, 0.1) is 6.61 Å². The van der Waals surface area contributed by atoms with Gasteiger partial charge in [0, 0.05) is 6.42 Å². The van der Waals surface area contributed by atoms with Crippen molar-refractivity contribution in [1.29, 1.82) is 0 Å². The molecule has 0 saturated carbocycles. The molecule has 2 N–H and O–H groups in total. The summed E-state index contributed by atoms with van der Waals surface area (Å²) in [7, 11) is 0. The summed E-state index contributed by atoms with van der Waals surface area (Å²) in [6.45, 7) is 5.05. The molecule has 2 aliphatic heterocycles. The third kappa shape index (κ3) is 2.07. The predicted molar refractivity (Wildman–Crippen MR) is 58.8 cm³/mol. The van der Waals surface area contributed by atoms with Gasteiger partial charge in [0.2, 0.25) is 0 Å². The third-order valence-electron chi connectivity index (χ3n) is 2.91. The molecule has 2 rings (SSSR count). The predicted octanol–water partition coefficient (Wildman–Crippen LogP) is -0.000400. The Morgan fingerprint density at radius 1 is 1.29 bits per heavy atom. The summed E-state index contributed by atoms with van der Waals surface area (Å²) in [6.07, 6.45) is -1.55. The van der Waals surface area contributed by atoms with E-state index in [2.05, 4.69) is 11.8 Å². The van der Waals surface area contributed by atoms with E-state index in [1.165, 1.54) is 0 Å². The van der Waals surface area contributed by atoms with Crippen LogP contribution in [-0.4, -0.2) is 46.7 Å². The van der Waals surface area contributed by atoms with Crippen molar-refractivity contribution in [3.05, 3.63) is 0 Å². The SMILES string of the molecule is CCC#C[C@@]1(O)[C@@H](CO)O[C@@H]2OC(C)(C)O[C@@H]21. The van der Waals surface area contributed by atoms with Crippen LogP contribution in [0.15, 0.2) is 0 Å². The Kier molecular flexibility index (Phi) is 3.19. The topological polar surface area (TPSA) is 68.2 Å². The average Bonchev–Trinajstić information content (AvgIpc) is 2.69. The lowest BCUT2D eigenvalue weighted by Gasteiger charge is -2.28. The van der Waals surface area contributed by atoms with E-state index in [1.54, 1.807) is 13.8 Å². The molecule has 96 valence electrons. The van der Waals surface area contributed by atoms with Gasteiger partial charge in [0.15, 0.2) is 23.8 Å². The van der Waals surface area contributed by atoms with Gasteiger partial charge in [0.1, 0.15) is 6.10 Å². The number of rotatable bonds is 1. The Morgan fingerprint density at radius 3 is 2.59 bits per heavy atom. The quantitative estimate of drug-likeness (QED) is 0.633. The van der Waals surface area contributed by atoms with Gasteiger partial charge < -0.3 is 24.4 Å². The molecule has 0 aromatic heterocycles. The van der Waals surface area contributed by atoms with Crippen LogP contribution < -0.4 is 0 Å². The molecule has 17 heavy (non-hydrogen) atoms. The van der Waals surface area contributed by atoms with Crippen molar-refractivity contribution in [1.82, 2.24) is 0 Å². The number of hydrogen-bond donors (Lipinski definition) is 2. The third-order valence-corrected chi connectivity index (χ3v) is 2.91. The molecule has 0 spiro atoms. The first-order chi connectivity index (χ1) is 7.93. The fourth-order valence-electron chi connectivity index (χ4n) is 2.14. The van der Waals surface area contributed by atoms with Crippen molar-refractivity contribution in [2.75, 3.05) is 6.61 Å². The average molecular weight is 242 g/mol. The van der Waals surface area contributed by atoms with Crippen LogP contribution in [0.2, 0.25) is 0 Å². The zero-order chi connectivity index (χ0) is 12.7. The molecule has 0 amide bonds. The van der Waals surface area contributed by atoms with Gasteiger partial charge in [0.25, 0.3) is 0 Å². The second-order valence-electron chi connectivity index (χ2n) is 4.71. The summed E-state index contributed by atoms with van der Waals surface area (Å²) in [4.78, 5) is 0. The minimum Gasteiger partial charge on any atom is -0.394 e. The van der Waals surface area contributed by atoms with Crippen LogP contribution in [0.25, 0.3) is 0 Å². The Balaban J connectivity index is 2.27. The van der Waals surface area contributed by atoms with Gasteiger partial charge in [-0.2, -0.15) is 0 Å². The Labute approximate surface area is 101 Å². The van der Waals surface area contributed by atoms with Crippen molar-refractivity contribution < 1.29 is 24.4 Å². The van der Waals surface area contributed by atoms with Gasteiger partial charge in [-0.3, -0.25) is 0 Å². The van der Waals surface area contributed by atoms with Crippen molar-refractivity contribution in [3.63, 3.8) is 0 Å². The van der Waals surface area contributed by atoms with Gasteiger partial charge in [-0.1, -0.05) is 12.8 Å². The number of aliphatic hydroxyl groups is 2. The van der Waals surface area contributed by atoms with Crippen LogP contribution in [0.5, 0.6) is 0 Å². The van der Waals surface area contributed by atoms with E-state index < -0.39 is 29.9 Å². The van der Waals surface area contributed by atoms with Gasteiger partial charge >= 0.3 is 0 Å². The summed E-state index contributed by atoms with van der Waals surface area (Å²) < 4.78 is 16.5. The largest absolute Gasteiger partial charge is 0.394 e. The van der Waals surface area contributed by atoms with Crippen LogP contribution in [0, 0.1) is 11.8 Å². The summed E-state index contributed by atoms with van der Waals surface area (Å²) in [5.41, 5.74) is -1.51. The van der Waals surface area contributed by atoms with Gasteiger partial charge in [-0.15, -0.1) is 5.92 Å². The lowest BCUT2D eigenvalue weighted by Crippen LogP contribution is -2.49. The number of ether oxygens (including phenoxy) is 3. The van der Waals surface area contributed by atoms with Crippen LogP contribution in [0.3, 0.4) is 0 Å². The zero-order valence-electron chi connectivity index (χ0n) is 10.3. The molecular weight excluding hydrogens is 224 g/mol. The second-order valence-corrected chi connectivity index (χ2v) is 4.71. The number of aliphatic hydroxyl groups excluding tert-OH is 1. The molecular formula is C12H18O5. The first-order valence-electron chi connectivity index (χ1n) is 5.77. The lowest BCUT2D eigenvalue weighted by molar-refractivity contribution is -0.225. The monoisotopic (exact) mass is 242 g/mol. The molecule has 4 atom stereocenters. The smallest absolute Gasteiger partial charge is 0.191 e. The molecule has 2 heterocycles. The molecule has 5 heteroatoms. The lowest BCUT2D eigenvalue weighted by atomic mass is 9.93. The fourth-order valence-corrected chi connectivity index (χ4v) is 2.14. The summed E-state index contributed by atoms with van der Waals surface area (Å²) in [5, 5.41) is 19.7. The van der Waals surface area contributed by atoms with Gasteiger partial charge in [-0.25, -0.2) is 0 Å². The highest BCUT2D eigenvalue weighted by Gasteiger charge is 2.62. The van der Waals surface area contributed by atoms with E-state index in [0.717, 1.165) is 0 Å². The maximum Gasteiger partial charge on any atom is 0.191 e. The molecule has 5 nitrogen and oxygen atoms in total. The highest BCUT2D eigenvalue weighted by molar-refractivity contribution is 5.24. The molecule has 0 aromatic carbocycles. The molecule has 0 aromatic rings. The maximum atomic E-state index is 10.5. The van der Waals surface area contributed by atoms with E-state index in [1.807, 2.05) is 6.92 Å². The van der Waals surface area contributed by atoms with E-state index in [4.69, 9.17) is 14.2 Å². The van der Waals surface area contributed by atoms with E-state index in [0.29, 0.717) is 6.42 Å². The first kappa shape index (κ1) is 12.8. The fraction of sp³-hybridized carbons (Fsp3) is 0.833. The second kappa shape index (κ2) is 4.23. The van der Waals surface area contributed by atoms with Crippen molar-refractivity contribution in [3.8, 4) is 11.8 Å². The van der Waals surface area contributed by atoms with E-state index >= 15 is 0 Å². The highest BCUT2D eigenvalue weighted by atomic mass is 16.8. The number of hydrogen-bond acceptors (Lipinski definition) is 5. The van der Waals surface area contributed by atoms with Crippen molar-refractivity contribution >= 4 is 0 Å². The summed E-state index contributed by atoms with van der Waals surface area (Å²) >= 11 is 0. The van der Waals surface area contributed by atoms with Crippen molar-refractivity contribution in [2.24, 2.45) is 0 Å². The van der Waals surface area contributed by atoms with E-state index in [9.17, 15) is 10.2 Å². The molecule has 2 aliphatic rings. The Hall–Kier alpha value is -0.640. The van der Waals surface area contributed by atoms with Gasteiger partial charge in [-0.05, 0) is 13.8 Å². The van der Waals surface area contributed by atoms with Crippen LogP contribution >= 0.6 is 0 Å². The normalized spacial score (nSPS) is 43.0. The molecule has 2 saturated heterocycles. The van der Waals surface area contributed by atoms with Crippen LogP contribution in [-0.2, 0) is 14.2 Å². The minimum atomic E-state index is -1.51. The zero-order valence-corrected chi connectivity index (χ0v) is 10.3. The first-order valence-corrected chi connectivity index (χ1v) is 5.77. The minimum absolute atomic E-state index is 0.324. The van der Waals surface area contributed by atoms with Crippen molar-refractivity contribution in [2.45, 2.75) is 57.1 Å². The molecule has 0 radical (unpaired) electrons. The molecule has 0 unspecified atom stereocenters. The summed E-state index contributed by atoms with van der Waals surface area (Å²) in [5.74, 6) is 4.73. The molecule has 2 fully saturated rings. The number of fused-ring (bicyclic) bond motifs is 1. The molecule has 0 aliphatic carbocycles. The maximum absolute atomic E-state index is 10.5. The van der Waals surface area contributed by atoms with Crippen LogP contribution in [0.4, 0.5) is 0 Å². The Morgan fingerprint density at radius 2 is 2.00 bits per heavy atom. The Bertz CT molecular complexity index is 356. The van der Waals surface area contributed by atoms with Crippen LogP contribution in [0.1, 0.15) is 27.2 Å². The molecule has 0 bridgehead atoms. The standard InChI is InChI=1S/C12H18O5/c1-4-5-6-12(14)8(7-13)15-10-9(12)16-11(2,3)17-10/h8-10,13-14H,4,7H2,1-3H3/t8-,9+,10-,12-/m1/s1. The highest BCUT2D eigenvalue weighted by Crippen LogP contribution is 2.42. The summed E-state index contributed by atoms with van der Waals surface area (Å²) in [6, 6.07) is 0. The van der Waals surface area contributed by atoms with E-state index in [-0.39, 0.29) is 6.61 Å².